The monoisotopic (exact) mass is 207 g/mol. The van der Waals surface area contributed by atoms with Crippen LogP contribution >= 0.6 is 0 Å². The van der Waals surface area contributed by atoms with E-state index in [2.05, 4.69) is 9.97 Å². The second-order valence-electron chi connectivity index (χ2n) is 4.09. The standard InChI is InChI=1S/C11H17N3O/c1-7-8(2)13-11(14-10(7)12)9-4-3-5-15-6-9/h9H,3-6H2,1-2H3,(H2,12,13,14). The van der Waals surface area contributed by atoms with Crippen LogP contribution in [0.25, 0.3) is 0 Å². The molecule has 2 rings (SSSR count). The third kappa shape index (κ3) is 2.09. The van der Waals surface area contributed by atoms with Gasteiger partial charge < -0.3 is 10.5 Å². The van der Waals surface area contributed by atoms with Gasteiger partial charge >= 0.3 is 0 Å². The van der Waals surface area contributed by atoms with Crippen LogP contribution in [0.15, 0.2) is 0 Å². The summed E-state index contributed by atoms with van der Waals surface area (Å²) in [5, 5.41) is 0. The second-order valence-corrected chi connectivity index (χ2v) is 4.09. The van der Waals surface area contributed by atoms with Crippen molar-refractivity contribution in [2.24, 2.45) is 0 Å². The Labute approximate surface area is 89.9 Å². The number of rotatable bonds is 1. The molecule has 0 radical (unpaired) electrons. The van der Waals surface area contributed by atoms with Crippen LogP contribution in [0.2, 0.25) is 0 Å². The Morgan fingerprint density at radius 2 is 2.13 bits per heavy atom. The smallest absolute Gasteiger partial charge is 0.136 e. The summed E-state index contributed by atoms with van der Waals surface area (Å²) in [6.45, 7) is 5.51. The van der Waals surface area contributed by atoms with Crippen LogP contribution in [-0.2, 0) is 4.74 Å². The zero-order chi connectivity index (χ0) is 10.8. The van der Waals surface area contributed by atoms with Crippen molar-refractivity contribution in [3.8, 4) is 0 Å². The second kappa shape index (κ2) is 4.14. The molecule has 0 spiro atoms. The Morgan fingerprint density at radius 3 is 2.73 bits per heavy atom. The van der Waals surface area contributed by atoms with E-state index in [-0.39, 0.29) is 0 Å². The van der Waals surface area contributed by atoms with Gasteiger partial charge in [0.05, 0.1) is 6.61 Å². The SMILES string of the molecule is Cc1nc(C2CCCOC2)nc(N)c1C. The lowest BCUT2D eigenvalue weighted by Crippen LogP contribution is -2.19. The van der Waals surface area contributed by atoms with E-state index in [0.717, 1.165) is 43.1 Å². The lowest BCUT2D eigenvalue weighted by atomic mass is 10.0. The van der Waals surface area contributed by atoms with Crippen LogP contribution in [0.1, 0.15) is 35.8 Å². The first-order chi connectivity index (χ1) is 7.18. The Morgan fingerprint density at radius 1 is 1.33 bits per heavy atom. The van der Waals surface area contributed by atoms with Crippen molar-refractivity contribution in [1.29, 1.82) is 0 Å². The van der Waals surface area contributed by atoms with Crippen LogP contribution in [0.3, 0.4) is 0 Å². The number of hydrogen-bond acceptors (Lipinski definition) is 4. The summed E-state index contributed by atoms with van der Waals surface area (Å²) in [5.41, 5.74) is 7.79. The van der Waals surface area contributed by atoms with Gasteiger partial charge in [0.2, 0.25) is 0 Å². The first kappa shape index (κ1) is 10.4. The molecule has 0 aromatic carbocycles. The summed E-state index contributed by atoms with van der Waals surface area (Å²) in [6, 6.07) is 0. The van der Waals surface area contributed by atoms with Gasteiger partial charge in [0, 0.05) is 23.8 Å². The molecule has 0 saturated carbocycles. The van der Waals surface area contributed by atoms with Crippen molar-refractivity contribution in [3.63, 3.8) is 0 Å². The van der Waals surface area contributed by atoms with Gasteiger partial charge in [-0.1, -0.05) is 0 Å². The molecule has 4 heteroatoms. The summed E-state index contributed by atoms with van der Waals surface area (Å²) in [4.78, 5) is 8.83. The van der Waals surface area contributed by atoms with Gasteiger partial charge in [-0.15, -0.1) is 0 Å². The molecular formula is C11H17N3O. The molecule has 0 bridgehead atoms. The Bertz CT molecular complexity index is 336. The highest BCUT2D eigenvalue weighted by molar-refractivity contribution is 5.40. The minimum absolute atomic E-state index is 0.320. The van der Waals surface area contributed by atoms with Gasteiger partial charge in [-0.3, -0.25) is 0 Å². The molecule has 1 saturated heterocycles. The van der Waals surface area contributed by atoms with Crippen molar-refractivity contribution in [1.82, 2.24) is 9.97 Å². The highest BCUT2D eigenvalue weighted by Crippen LogP contribution is 2.24. The fourth-order valence-corrected chi connectivity index (χ4v) is 1.80. The van der Waals surface area contributed by atoms with Crippen LogP contribution in [-0.4, -0.2) is 23.2 Å². The molecule has 2 N–H and O–H groups in total. The van der Waals surface area contributed by atoms with E-state index in [1.165, 1.54) is 0 Å². The molecule has 4 nitrogen and oxygen atoms in total. The fraction of sp³-hybridized carbons (Fsp3) is 0.636. The van der Waals surface area contributed by atoms with Crippen molar-refractivity contribution in [3.05, 3.63) is 17.1 Å². The maximum atomic E-state index is 5.84. The van der Waals surface area contributed by atoms with Gasteiger partial charge in [-0.2, -0.15) is 0 Å². The molecule has 1 aromatic rings. The average molecular weight is 207 g/mol. The zero-order valence-electron chi connectivity index (χ0n) is 9.29. The maximum absolute atomic E-state index is 5.84. The molecule has 0 aliphatic carbocycles. The highest BCUT2D eigenvalue weighted by Gasteiger charge is 2.19. The van der Waals surface area contributed by atoms with Crippen LogP contribution < -0.4 is 5.73 Å². The van der Waals surface area contributed by atoms with E-state index in [1.807, 2.05) is 13.8 Å². The Balaban J connectivity index is 2.27. The summed E-state index contributed by atoms with van der Waals surface area (Å²) < 4.78 is 5.43. The topological polar surface area (TPSA) is 61.0 Å². The van der Waals surface area contributed by atoms with E-state index in [9.17, 15) is 0 Å². The van der Waals surface area contributed by atoms with E-state index in [4.69, 9.17) is 10.5 Å². The van der Waals surface area contributed by atoms with Gasteiger partial charge in [-0.05, 0) is 26.7 Å². The largest absolute Gasteiger partial charge is 0.383 e. The quantitative estimate of drug-likeness (QED) is 0.759. The summed E-state index contributed by atoms with van der Waals surface area (Å²) in [7, 11) is 0. The Kier molecular flexibility index (Phi) is 2.86. The number of aromatic nitrogens is 2. The van der Waals surface area contributed by atoms with E-state index < -0.39 is 0 Å². The minimum Gasteiger partial charge on any atom is -0.383 e. The van der Waals surface area contributed by atoms with Crippen LogP contribution in [0.4, 0.5) is 5.82 Å². The maximum Gasteiger partial charge on any atom is 0.136 e. The van der Waals surface area contributed by atoms with E-state index in [1.54, 1.807) is 0 Å². The van der Waals surface area contributed by atoms with Crippen molar-refractivity contribution >= 4 is 5.82 Å². The van der Waals surface area contributed by atoms with Gasteiger partial charge in [-0.25, -0.2) is 9.97 Å². The highest BCUT2D eigenvalue weighted by atomic mass is 16.5. The number of nitrogens with zero attached hydrogens (tertiary/aromatic N) is 2. The predicted octanol–water partition coefficient (Wildman–Crippen LogP) is 1.57. The fourth-order valence-electron chi connectivity index (χ4n) is 1.80. The molecule has 2 heterocycles. The summed E-state index contributed by atoms with van der Waals surface area (Å²) >= 11 is 0. The number of nitrogen functional groups attached to an aromatic ring is 1. The number of anilines is 1. The molecule has 1 aromatic heterocycles. The predicted molar refractivity (Wildman–Crippen MR) is 58.7 cm³/mol. The molecular weight excluding hydrogens is 190 g/mol. The third-order valence-corrected chi connectivity index (χ3v) is 2.97. The molecule has 15 heavy (non-hydrogen) atoms. The lowest BCUT2D eigenvalue weighted by molar-refractivity contribution is 0.0780. The lowest BCUT2D eigenvalue weighted by Gasteiger charge is -2.21. The van der Waals surface area contributed by atoms with Crippen molar-refractivity contribution in [2.45, 2.75) is 32.6 Å². The zero-order valence-corrected chi connectivity index (χ0v) is 9.29. The van der Waals surface area contributed by atoms with E-state index in [0.29, 0.717) is 11.7 Å². The average Bonchev–Trinajstić information content (AvgIpc) is 2.26. The first-order valence-electron chi connectivity index (χ1n) is 5.37. The van der Waals surface area contributed by atoms with Gasteiger partial charge in [0.25, 0.3) is 0 Å². The molecule has 82 valence electrons. The van der Waals surface area contributed by atoms with Crippen molar-refractivity contribution in [2.75, 3.05) is 18.9 Å². The molecule has 1 aliphatic heterocycles. The Hall–Kier alpha value is -1.16. The number of ether oxygens (including phenoxy) is 1. The summed E-state index contributed by atoms with van der Waals surface area (Å²) in [5.74, 6) is 1.76. The number of hydrogen-bond donors (Lipinski definition) is 1. The molecule has 1 atom stereocenters. The molecule has 1 aliphatic rings. The first-order valence-corrected chi connectivity index (χ1v) is 5.37. The van der Waals surface area contributed by atoms with E-state index >= 15 is 0 Å². The van der Waals surface area contributed by atoms with Gasteiger partial charge in [0.15, 0.2) is 0 Å². The molecule has 1 unspecified atom stereocenters. The van der Waals surface area contributed by atoms with Crippen LogP contribution in [0, 0.1) is 13.8 Å². The normalized spacial score (nSPS) is 21.6. The molecule has 1 fully saturated rings. The minimum atomic E-state index is 0.320. The number of aryl methyl sites for hydroxylation is 1. The van der Waals surface area contributed by atoms with Crippen LogP contribution in [0.5, 0.6) is 0 Å². The third-order valence-electron chi connectivity index (χ3n) is 2.97. The number of nitrogens with two attached hydrogens (primary N) is 1. The van der Waals surface area contributed by atoms with Crippen molar-refractivity contribution < 1.29 is 4.74 Å². The summed E-state index contributed by atoms with van der Waals surface area (Å²) in [6.07, 6.45) is 2.18. The van der Waals surface area contributed by atoms with Gasteiger partial charge in [0.1, 0.15) is 11.6 Å². The molecule has 0 amide bonds.